The molecule has 0 spiro atoms. The molecule has 0 saturated carbocycles. The van der Waals surface area contributed by atoms with Gasteiger partial charge < -0.3 is 43.7 Å². The summed E-state index contributed by atoms with van der Waals surface area (Å²) in [5.74, 6) is -5.42. The van der Waals surface area contributed by atoms with E-state index in [1.807, 2.05) is 38.1 Å². The predicted octanol–water partition coefficient (Wildman–Crippen LogP) is 4.83. The van der Waals surface area contributed by atoms with E-state index in [1.165, 1.54) is 32.1 Å². The number of rotatable bonds is 9. The molecule has 17 heteroatoms. The molecular formula is C41H56N4O12S. The first-order chi connectivity index (χ1) is 27.4. The Hall–Kier alpha value is -4.29. The number of Topliss-reactive ketones (excluding diaryl/α,β-unsaturated/α-hetero) is 2. The molecule has 16 nitrogen and oxygen atoms in total. The first-order valence-corrected chi connectivity index (χ1v) is 20.6. The lowest BCUT2D eigenvalue weighted by Gasteiger charge is -2.46. The molecule has 58 heavy (non-hydrogen) atoms. The van der Waals surface area contributed by atoms with Crippen molar-refractivity contribution < 1.29 is 57.5 Å². The summed E-state index contributed by atoms with van der Waals surface area (Å²) in [5, 5.41) is 14.2. The number of nitrogens with zero attached hydrogens (tertiary/aromatic N) is 3. The van der Waals surface area contributed by atoms with Crippen LogP contribution in [0.5, 0.6) is 0 Å². The third-order valence-corrected chi connectivity index (χ3v) is 12.3. The molecule has 2 aromatic heterocycles. The van der Waals surface area contributed by atoms with Crippen molar-refractivity contribution in [2.75, 3.05) is 20.7 Å². The van der Waals surface area contributed by atoms with Gasteiger partial charge in [-0.05, 0) is 84.5 Å². The second kappa shape index (κ2) is 19.2. The van der Waals surface area contributed by atoms with Crippen molar-refractivity contribution in [3.63, 3.8) is 0 Å². The standard InChI is InChI=1S/C41H56N4O12S/c1-10-28-34-30(44-39(50)55-34)23(4)31(46)21(2)20-41(7,57-40(51)52-18-11-13-26-14-15-29(58-26)36-42-16-12-17-43-36)35(24(5)32(47)25(6)37(49)54-28)56-38-33(48)27(45(8)9)19-22(3)53-38/h11-17,21-25,27-28,30,33-35,38,48H,10,18-20H2,1-9H3,(H,44,50)/b13-11+/t21-,22-,23-,24+,25-,27+,28-,30+,33-,34-,35?,38?,41-/m1/s1. The number of likely N-dealkylation sites (N-methyl/N-ethyl adjacent to an activating group) is 1. The van der Waals surface area contributed by atoms with E-state index in [9.17, 15) is 29.1 Å². The summed E-state index contributed by atoms with van der Waals surface area (Å²) in [5.41, 5.74) is -1.80. The molecule has 1 amide bonds. The molecule has 2 aromatic rings. The van der Waals surface area contributed by atoms with Crippen molar-refractivity contribution in [3.8, 4) is 10.7 Å². The smallest absolute Gasteiger partial charge is 0.458 e. The SMILES string of the molecule is CC[C@H]1OC(=O)[C@H](C)C(=O)[C@H](C)C(OC2O[C@H](C)C[C@H](N(C)C)[C@H]2O)[C@](C)(OC(=O)OC/C=C/c2ccc(-c3ncccn3)s2)C[C@@H](C)C(=O)[C@H](C)[C@@H]2NC(=O)O[C@@H]21. The van der Waals surface area contributed by atoms with E-state index >= 15 is 0 Å². The van der Waals surface area contributed by atoms with E-state index in [0.717, 1.165) is 9.75 Å². The van der Waals surface area contributed by atoms with Crippen molar-refractivity contribution in [3.05, 3.63) is 41.5 Å². The minimum absolute atomic E-state index is 0.180. The number of hydrogen-bond donors (Lipinski definition) is 2. The lowest BCUT2D eigenvalue weighted by atomic mass is 9.75. The normalized spacial score (nSPS) is 35.2. The lowest BCUT2D eigenvalue weighted by Crippen LogP contribution is -2.60. The molecule has 5 heterocycles. The maximum atomic E-state index is 14.3. The molecule has 5 rings (SSSR count). The zero-order valence-corrected chi connectivity index (χ0v) is 35.3. The van der Waals surface area contributed by atoms with Crippen LogP contribution < -0.4 is 5.32 Å². The molecule has 0 bridgehead atoms. The molecule has 0 aromatic carbocycles. The van der Waals surface area contributed by atoms with Crippen LogP contribution in [0.4, 0.5) is 9.59 Å². The van der Waals surface area contributed by atoms with Gasteiger partial charge in [0, 0.05) is 41.1 Å². The van der Waals surface area contributed by atoms with Crippen LogP contribution in [0.1, 0.15) is 72.6 Å². The van der Waals surface area contributed by atoms with Crippen LogP contribution in [0.25, 0.3) is 16.8 Å². The van der Waals surface area contributed by atoms with E-state index in [1.54, 1.807) is 51.4 Å². The minimum atomic E-state index is -1.80. The van der Waals surface area contributed by atoms with Gasteiger partial charge in [-0.15, -0.1) is 11.3 Å². The highest BCUT2D eigenvalue weighted by atomic mass is 32.1. The third kappa shape index (κ3) is 10.3. The predicted molar refractivity (Wildman–Crippen MR) is 211 cm³/mol. The first kappa shape index (κ1) is 44.8. The number of carbonyl (C=O) groups excluding carboxylic acids is 5. The summed E-state index contributed by atoms with van der Waals surface area (Å²) in [7, 11) is 3.63. The van der Waals surface area contributed by atoms with E-state index < -0.39 is 90.0 Å². The number of cyclic esters (lactones) is 1. The van der Waals surface area contributed by atoms with E-state index in [4.69, 9.17) is 28.4 Å². The Kier molecular flexibility index (Phi) is 14.8. The average molecular weight is 829 g/mol. The van der Waals surface area contributed by atoms with Gasteiger partial charge in [-0.25, -0.2) is 19.6 Å². The number of carbonyl (C=O) groups is 5. The second-order valence-electron chi connectivity index (χ2n) is 15.9. The summed E-state index contributed by atoms with van der Waals surface area (Å²) in [6.07, 6.45) is -0.792. The number of aliphatic hydroxyl groups is 1. The Bertz CT molecular complexity index is 1810. The Morgan fingerprint density at radius 3 is 2.43 bits per heavy atom. The number of nitrogens with one attached hydrogen (secondary N) is 1. The van der Waals surface area contributed by atoms with Crippen LogP contribution in [-0.4, -0.2) is 125 Å². The van der Waals surface area contributed by atoms with Gasteiger partial charge in [0.2, 0.25) is 0 Å². The maximum Gasteiger partial charge on any atom is 0.509 e. The van der Waals surface area contributed by atoms with Gasteiger partial charge in [-0.1, -0.05) is 27.7 Å². The molecule has 318 valence electrons. The molecule has 2 unspecified atom stereocenters. The number of aliphatic hydroxyl groups excluding tert-OH is 1. The number of hydrogen-bond acceptors (Lipinski definition) is 16. The maximum absolute atomic E-state index is 14.3. The van der Waals surface area contributed by atoms with Crippen molar-refractivity contribution >= 4 is 47.2 Å². The number of ketones is 2. The second-order valence-corrected chi connectivity index (χ2v) is 17.0. The first-order valence-electron chi connectivity index (χ1n) is 19.7. The molecule has 2 N–H and O–H groups in total. The topological polar surface area (TPSA) is 202 Å². The van der Waals surface area contributed by atoms with Gasteiger partial charge in [0.1, 0.15) is 42.2 Å². The fraction of sp³-hybridized carbons (Fsp3) is 0.634. The summed E-state index contributed by atoms with van der Waals surface area (Å²) in [6.45, 7) is 11.1. The zero-order chi connectivity index (χ0) is 42.5. The lowest BCUT2D eigenvalue weighted by molar-refractivity contribution is -0.293. The number of thiophene rings is 1. The van der Waals surface area contributed by atoms with Gasteiger partial charge in [0.25, 0.3) is 0 Å². The van der Waals surface area contributed by atoms with Gasteiger partial charge >= 0.3 is 18.2 Å². The van der Waals surface area contributed by atoms with Crippen molar-refractivity contribution in [1.82, 2.24) is 20.2 Å². The van der Waals surface area contributed by atoms with Crippen molar-refractivity contribution in [2.45, 2.75) is 122 Å². The summed E-state index contributed by atoms with van der Waals surface area (Å²) >= 11 is 1.45. The molecule has 0 radical (unpaired) electrons. The summed E-state index contributed by atoms with van der Waals surface area (Å²) < 4.78 is 35.7. The fourth-order valence-corrected chi connectivity index (χ4v) is 8.98. The molecule has 3 fully saturated rings. The number of fused-ring (bicyclic) bond motifs is 1. The zero-order valence-electron chi connectivity index (χ0n) is 34.5. The fourth-order valence-electron chi connectivity index (χ4n) is 8.09. The highest BCUT2D eigenvalue weighted by Crippen LogP contribution is 2.39. The van der Waals surface area contributed by atoms with Crippen molar-refractivity contribution in [1.29, 1.82) is 0 Å². The van der Waals surface area contributed by atoms with E-state index in [0.29, 0.717) is 12.2 Å². The molecular weight excluding hydrogens is 773 g/mol. The van der Waals surface area contributed by atoms with Crippen molar-refractivity contribution in [2.24, 2.45) is 23.7 Å². The number of ether oxygens (including phenoxy) is 6. The van der Waals surface area contributed by atoms with Gasteiger partial charge in [-0.2, -0.15) is 0 Å². The number of alkyl carbamates (subject to hydrolysis) is 1. The van der Waals surface area contributed by atoms with Crippen LogP contribution in [0.2, 0.25) is 0 Å². The summed E-state index contributed by atoms with van der Waals surface area (Å²) in [6, 6.07) is 4.26. The highest BCUT2D eigenvalue weighted by Gasteiger charge is 2.53. The number of amides is 1. The molecule has 3 aliphatic heterocycles. The average Bonchev–Trinajstić information content (AvgIpc) is 3.83. The van der Waals surface area contributed by atoms with Gasteiger partial charge in [0.05, 0.1) is 17.0 Å². The summed E-state index contributed by atoms with van der Waals surface area (Å²) in [4.78, 5) is 80.6. The van der Waals surface area contributed by atoms with E-state index in [-0.39, 0.29) is 37.4 Å². The van der Waals surface area contributed by atoms with Crippen LogP contribution in [-0.2, 0) is 42.8 Å². The quantitative estimate of drug-likeness (QED) is 0.198. The Labute approximate surface area is 342 Å². The molecule has 3 aliphatic rings. The minimum Gasteiger partial charge on any atom is -0.458 e. The third-order valence-electron chi connectivity index (χ3n) is 11.3. The van der Waals surface area contributed by atoms with Crippen LogP contribution in [0, 0.1) is 23.7 Å². The number of aromatic nitrogens is 2. The molecule has 3 saturated heterocycles. The Morgan fingerprint density at radius 1 is 1.05 bits per heavy atom. The van der Waals surface area contributed by atoms with E-state index in [2.05, 4.69) is 15.3 Å². The Balaban J connectivity index is 1.47. The molecule has 13 atom stereocenters. The molecule has 0 aliphatic carbocycles. The Morgan fingerprint density at radius 2 is 1.76 bits per heavy atom. The van der Waals surface area contributed by atoms with Crippen LogP contribution in [0.3, 0.4) is 0 Å². The monoisotopic (exact) mass is 828 g/mol. The van der Waals surface area contributed by atoms with Crippen LogP contribution in [0.15, 0.2) is 36.7 Å². The van der Waals surface area contributed by atoms with Crippen LogP contribution >= 0.6 is 11.3 Å². The van der Waals surface area contributed by atoms with Gasteiger partial charge in [0.15, 0.2) is 24.0 Å². The number of esters is 1. The van der Waals surface area contributed by atoms with Gasteiger partial charge in [-0.3, -0.25) is 14.4 Å². The largest absolute Gasteiger partial charge is 0.509 e. The highest BCUT2D eigenvalue weighted by molar-refractivity contribution is 7.16.